The van der Waals surface area contributed by atoms with Gasteiger partial charge in [-0.2, -0.15) is 16.3 Å². The van der Waals surface area contributed by atoms with Crippen molar-refractivity contribution >= 4 is 39.9 Å². The molecule has 0 saturated carbocycles. The number of aliphatic hydroxyl groups is 2. The smallest absolute Gasteiger partial charge is 0.256 e. The summed E-state index contributed by atoms with van der Waals surface area (Å²) in [6.07, 6.45) is 0. The molecular formula is C28H23F2N5O4S. The zero-order chi connectivity index (χ0) is 28.4. The molecule has 0 unspecified atom stereocenters. The van der Waals surface area contributed by atoms with E-state index in [0.29, 0.717) is 22.2 Å². The van der Waals surface area contributed by atoms with Crippen LogP contribution in [0.2, 0.25) is 0 Å². The summed E-state index contributed by atoms with van der Waals surface area (Å²) in [6.45, 7) is 0.900. The number of para-hydroxylation sites is 1. The topological polar surface area (TPSA) is 129 Å². The number of thiophene rings is 1. The van der Waals surface area contributed by atoms with E-state index >= 15 is 0 Å². The van der Waals surface area contributed by atoms with E-state index in [1.165, 1.54) is 23.5 Å². The highest BCUT2D eigenvalue weighted by atomic mass is 32.1. The van der Waals surface area contributed by atoms with Crippen LogP contribution in [0.25, 0.3) is 28.0 Å². The van der Waals surface area contributed by atoms with E-state index < -0.39 is 42.1 Å². The second kappa shape index (κ2) is 11.3. The zero-order valence-electron chi connectivity index (χ0n) is 21.1. The number of aliphatic hydroxyl groups excluding tert-OH is 2. The summed E-state index contributed by atoms with van der Waals surface area (Å²) in [4.78, 5) is 34.6. The molecule has 1 amide bonds. The van der Waals surface area contributed by atoms with Crippen molar-refractivity contribution in [2.45, 2.75) is 13.0 Å². The van der Waals surface area contributed by atoms with Crippen molar-refractivity contribution in [3.05, 3.63) is 98.5 Å². The van der Waals surface area contributed by atoms with Crippen LogP contribution >= 0.6 is 11.3 Å². The molecule has 0 radical (unpaired) electrons. The predicted octanol–water partition coefficient (Wildman–Crippen LogP) is 4.11. The molecule has 0 fully saturated rings. The lowest BCUT2D eigenvalue weighted by atomic mass is 10.0. The van der Waals surface area contributed by atoms with Crippen molar-refractivity contribution in [2.24, 2.45) is 0 Å². The molecule has 2 aromatic carbocycles. The molecule has 204 valence electrons. The fourth-order valence-electron chi connectivity index (χ4n) is 4.19. The van der Waals surface area contributed by atoms with Gasteiger partial charge in [0.1, 0.15) is 17.3 Å². The van der Waals surface area contributed by atoms with Crippen LogP contribution in [0.4, 0.5) is 20.4 Å². The number of aromatic nitrogens is 3. The summed E-state index contributed by atoms with van der Waals surface area (Å²) < 4.78 is 30.6. The minimum atomic E-state index is -0.970. The summed E-state index contributed by atoms with van der Waals surface area (Å²) in [5, 5.41) is 28.7. The molecule has 0 aliphatic heterocycles. The first kappa shape index (κ1) is 27.1. The van der Waals surface area contributed by atoms with Crippen molar-refractivity contribution < 1.29 is 23.8 Å². The van der Waals surface area contributed by atoms with Gasteiger partial charge < -0.3 is 20.8 Å². The van der Waals surface area contributed by atoms with Crippen molar-refractivity contribution in [2.75, 3.05) is 23.8 Å². The summed E-state index contributed by atoms with van der Waals surface area (Å²) in [5.41, 5.74) is 1.10. The molecule has 5 aromatic rings. The number of carbonyl (C=O) groups is 1. The number of nitrogens with one attached hydrogen (secondary N) is 2. The average molecular weight is 564 g/mol. The molecule has 0 aliphatic rings. The molecule has 0 aliphatic carbocycles. The number of nitrogens with zero attached hydrogens (tertiary/aromatic N) is 3. The first-order valence-corrected chi connectivity index (χ1v) is 13.1. The van der Waals surface area contributed by atoms with Gasteiger partial charge in [-0.15, -0.1) is 0 Å². The number of halogens is 2. The molecule has 5 rings (SSSR count). The normalized spacial score (nSPS) is 11.2. The van der Waals surface area contributed by atoms with Gasteiger partial charge in [-0.1, -0.05) is 12.1 Å². The number of fused-ring (bicyclic) bond motifs is 1. The van der Waals surface area contributed by atoms with Gasteiger partial charge in [0.2, 0.25) is 5.95 Å². The minimum Gasteiger partial charge on any atom is -0.394 e. The predicted molar refractivity (Wildman–Crippen MR) is 149 cm³/mol. The van der Waals surface area contributed by atoms with Crippen LogP contribution in [0.15, 0.2) is 70.2 Å². The Morgan fingerprint density at radius 1 is 1.05 bits per heavy atom. The van der Waals surface area contributed by atoms with Crippen LogP contribution in [-0.2, 0) is 0 Å². The zero-order valence-corrected chi connectivity index (χ0v) is 21.9. The SMILES string of the molecule is Cc1ccc(NC(=O)c2ccsc2)cc1-c1nc(NC(CO)CO)nc2c1ccc(=O)n2-c1c(F)cccc1F. The second-order valence-electron chi connectivity index (χ2n) is 8.91. The van der Waals surface area contributed by atoms with Crippen LogP contribution in [0.5, 0.6) is 0 Å². The molecule has 40 heavy (non-hydrogen) atoms. The molecule has 0 atom stereocenters. The Bertz CT molecular complexity index is 1750. The van der Waals surface area contributed by atoms with Crippen LogP contribution in [0.1, 0.15) is 15.9 Å². The molecule has 9 nitrogen and oxygen atoms in total. The van der Waals surface area contributed by atoms with Crippen molar-refractivity contribution in [1.29, 1.82) is 0 Å². The number of benzene rings is 2. The monoisotopic (exact) mass is 563 g/mol. The minimum absolute atomic E-state index is 0.0983. The van der Waals surface area contributed by atoms with E-state index in [9.17, 15) is 28.6 Å². The maximum atomic E-state index is 14.9. The van der Waals surface area contributed by atoms with Gasteiger partial charge in [-0.25, -0.2) is 13.8 Å². The fraction of sp³-hybridized carbons (Fsp3) is 0.143. The highest BCUT2D eigenvalue weighted by Gasteiger charge is 2.21. The van der Waals surface area contributed by atoms with Gasteiger partial charge in [0.15, 0.2) is 5.65 Å². The van der Waals surface area contributed by atoms with E-state index in [2.05, 4.69) is 20.6 Å². The van der Waals surface area contributed by atoms with Crippen molar-refractivity contribution in [1.82, 2.24) is 14.5 Å². The standard InChI is InChI=1S/C28H23F2N5O4S/c1-15-5-6-17(31-27(39)16-9-10-40-14-16)11-20(15)24-19-7-8-23(38)35(25-21(29)3-2-4-22(25)30)26(19)34-28(33-24)32-18(12-36)13-37/h2-11,14,18,36-37H,12-13H2,1H3,(H,31,39)(H,32,33,34). The lowest BCUT2D eigenvalue weighted by molar-refractivity contribution is 0.102. The number of pyridine rings is 1. The summed E-state index contributed by atoms with van der Waals surface area (Å²) in [6, 6.07) is 11.9. The third-order valence-corrected chi connectivity index (χ3v) is 6.90. The maximum Gasteiger partial charge on any atom is 0.256 e. The number of carbonyl (C=O) groups excluding carboxylic acids is 1. The molecule has 0 bridgehead atoms. The molecule has 3 heterocycles. The van der Waals surface area contributed by atoms with Gasteiger partial charge in [-0.3, -0.25) is 14.2 Å². The van der Waals surface area contributed by atoms with Gasteiger partial charge in [-0.05, 0) is 54.3 Å². The number of anilines is 2. The lowest BCUT2D eigenvalue weighted by Gasteiger charge is -2.18. The van der Waals surface area contributed by atoms with Gasteiger partial charge in [0.25, 0.3) is 11.5 Å². The molecule has 4 N–H and O–H groups in total. The quantitative estimate of drug-likeness (QED) is 0.224. The number of rotatable bonds is 8. The molecule has 3 aromatic heterocycles. The maximum absolute atomic E-state index is 14.9. The van der Waals surface area contributed by atoms with Gasteiger partial charge in [0, 0.05) is 28.1 Å². The molecule has 0 spiro atoms. The van der Waals surface area contributed by atoms with E-state index in [-0.39, 0.29) is 23.2 Å². The number of amides is 1. The summed E-state index contributed by atoms with van der Waals surface area (Å²) >= 11 is 1.39. The van der Waals surface area contributed by atoms with Crippen molar-refractivity contribution in [3.63, 3.8) is 0 Å². The van der Waals surface area contributed by atoms with E-state index in [1.807, 2.05) is 6.92 Å². The fourth-order valence-corrected chi connectivity index (χ4v) is 4.82. The van der Waals surface area contributed by atoms with E-state index in [1.54, 1.807) is 35.0 Å². The Labute approximate surface area is 230 Å². The highest BCUT2D eigenvalue weighted by Crippen LogP contribution is 2.33. The second-order valence-corrected chi connectivity index (χ2v) is 9.69. The largest absolute Gasteiger partial charge is 0.394 e. The number of aryl methyl sites for hydroxylation is 1. The number of hydrogen-bond donors (Lipinski definition) is 4. The summed E-state index contributed by atoms with van der Waals surface area (Å²) in [7, 11) is 0. The first-order chi connectivity index (χ1) is 19.3. The molecule has 0 saturated heterocycles. The Kier molecular flexibility index (Phi) is 7.65. The van der Waals surface area contributed by atoms with Crippen molar-refractivity contribution in [3.8, 4) is 16.9 Å². The van der Waals surface area contributed by atoms with Gasteiger partial charge in [0.05, 0.1) is 30.5 Å². The van der Waals surface area contributed by atoms with Crippen LogP contribution in [-0.4, -0.2) is 49.9 Å². The van der Waals surface area contributed by atoms with Crippen LogP contribution in [0.3, 0.4) is 0 Å². The Balaban J connectivity index is 1.75. The third kappa shape index (κ3) is 5.19. The van der Waals surface area contributed by atoms with E-state index in [4.69, 9.17) is 0 Å². The summed E-state index contributed by atoms with van der Waals surface area (Å²) in [5.74, 6) is -2.34. The van der Waals surface area contributed by atoms with Crippen LogP contribution in [0, 0.1) is 18.6 Å². The first-order valence-electron chi connectivity index (χ1n) is 12.1. The highest BCUT2D eigenvalue weighted by molar-refractivity contribution is 7.08. The average Bonchev–Trinajstić information content (AvgIpc) is 3.49. The van der Waals surface area contributed by atoms with Crippen LogP contribution < -0.4 is 16.2 Å². The third-order valence-electron chi connectivity index (χ3n) is 6.22. The molecular weight excluding hydrogens is 540 g/mol. The lowest BCUT2D eigenvalue weighted by Crippen LogP contribution is -2.29. The Morgan fingerprint density at radius 2 is 1.80 bits per heavy atom. The van der Waals surface area contributed by atoms with Gasteiger partial charge >= 0.3 is 0 Å². The number of hydrogen-bond acceptors (Lipinski definition) is 8. The Morgan fingerprint density at radius 3 is 2.48 bits per heavy atom. The Hall–Kier alpha value is -4.52. The molecule has 12 heteroatoms. The van der Waals surface area contributed by atoms with E-state index in [0.717, 1.165) is 28.3 Å².